The maximum Gasteiger partial charge on any atom is 0.0701 e. The van der Waals surface area contributed by atoms with Crippen LogP contribution in [0.1, 0.15) is 17.7 Å². The third-order valence-corrected chi connectivity index (χ3v) is 3.90. The fourth-order valence-electron chi connectivity index (χ4n) is 1.64. The molecule has 0 aromatic carbocycles. The normalized spacial score (nSPS) is 22.0. The average molecular weight is 258 g/mol. The summed E-state index contributed by atoms with van der Waals surface area (Å²) in [6, 6.07) is 4.59. The molecule has 13 heavy (non-hydrogen) atoms. The summed E-state index contributed by atoms with van der Waals surface area (Å²) in [6.45, 7) is 0. The molecule has 2 N–H and O–H groups in total. The first-order valence-corrected chi connectivity index (χ1v) is 6.04. The van der Waals surface area contributed by atoms with Crippen molar-refractivity contribution in [1.29, 1.82) is 0 Å². The molecule has 2 rings (SSSR count). The lowest BCUT2D eigenvalue weighted by atomic mass is 10.1. The molecule has 1 aromatic rings. The second-order valence-electron chi connectivity index (χ2n) is 3.41. The molecule has 0 amide bonds. The van der Waals surface area contributed by atoms with Crippen LogP contribution >= 0.6 is 27.3 Å². The molecular weight excluding hydrogens is 246 g/mol. The zero-order valence-electron chi connectivity index (χ0n) is 7.29. The largest absolute Gasteiger partial charge is 0.324 e. The van der Waals surface area contributed by atoms with E-state index in [-0.39, 0.29) is 0 Å². The van der Waals surface area contributed by atoms with E-state index in [1.807, 2.05) is 11.3 Å². The van der Waals surface area contributed by atoms with Crippen LogP contribution in [0.25, 0.3) is 0 Å². The minimum atomic E-state index is 0.304. The van der Waals surface area contributed by atoms with Gasteiger partial charge in [-0.1, -0.05) is 11.6 Å². The molecule has 1 aliphatic carbocycles. The molecule has 0 saturated carbocycles. The van der Waals surface area contributed by atoms with Gasteiger partial charge in [0.15, 0.2) is 0 Å². The highest BCUT2D eigenvalue weighted by Gasteiger charge is 2.12. The molecule has 1 heterocycles. The van der Waals surface area contributed by atoms with Crippen molar-refractivity contribution in [1.82, 2.24) is 0 Å². The summed E-state index contributed by atoms with van der Waals surface area (Å²) in [7, 11) is 0. The highest BCUT2D eigenvalue weighted by atomic mass is 79.9. The lowest BCUT2D eigenvalue weighted by molar-refractivity contribution is 0.770. The van der Waals surface area contributed by atoms with Crippen molar-refractivity contribution in [3.63, 3.8) is 0 Å². The second-order valence-corrected chi connectivity index (χ2v) is 5.96. The van der Waals surface area contributed by atoms with Crippen LogP contribution in [0.5, 0.6) is 0 Å². The van der Waals surface area contributed by atoms with Crippen LogP contribution < -0.4 is 5.73 Å². The van der Waals surface area contributed by atoms with Crippen LogP contribution in [0.3, 0.4) is 0 Å². The van der Waals surface area contributed by atoms with Gasteiger partial charge in [0.05, 0.1) is 3.79 Å². The van der Waals surface area contributed by atoms with Crippen molar-refractivity contribution in [2.24, 2.45) is 5.73 Å². The number of thiophene rings is 1. The quantitative estimate of drug-likeness (QED) is 0.810. The summed E-state index contributed by atoms with van der Waals surface area (Å²) < 4.78 is 1.21. The lowest BCUT2D eigenvalue weighted by Crippen LogP contribution is -2.11. The van der Waals surface area contributed by atoms with Gasteiger partial charge in [-0.25, -0.2) is 0 Å². The zero-order valence-corrected chi connectivity index (χ0v) is 9.70. The van der Waals surface area contributed by atoms with E-state index in [1.54, 1.807) is 0 Å². The fraction of sp³-hybridized carbons (Fsp3) is 0.400. The first-order chi connectivity index (χ1) is 6.24. The molecule has 1 aromatic heterocycles. The topological polar surface area (TPSA) is 26.0 Å². The van der Waals surface area contributed by atoms with Gasteiger partial charge in [0.1, 0.15) is 0 Å². The van der Waals surface area contributed by atoms with E-state index < -0.39 is 0 Å². The van der Waals surface area contributed by atoms with Crippen molar-refractivity contribution < 1.29 is 0 Å². The van der Waals surface area contributed by atoms with Gasteiger partial charge in [-0.05, 0) is 40.9 Å². The molecule has 1 atom stereocenters. The predicted octanol–water partition coefficient (Wildman–Crippen LogP) is 3.10. The molecule has 0 radical (unpaired) electrons. The minimum Gasteiger partial charge on any atom is -0.324 e. The molecule has 0 spiro atoms. The Morgan fingerprint density at radius 3 is 2.92 bits per heavy atom. The number of hydrogen-bond acceptors (Lipinski definition) is 2. The summed E-state index contributed by atoms with van der Waals surface area (Å²) >= 11 is 5.28. The van der Waals surface area contributed by atoms with Gasteiger partial charge in [0.25, 0.3) is 0 Å². The molecular formula is C10H12BrNS. The second kappa shape index (κ2) is 3.95. The first kappa shape index (κ1) is 9.44. The number of hydrogen-bond donors (Lipinski definition) is 1. The van der Waals surface area contributed by atoms with Crippen LogP contribution in [0.2, 0.25) is 0 Å². The number of nitrogens with two attached hydrogens (primary N) is 1. The van der Waals surface area contributed by atoms with Gasteiger partial charge in [-0.15, -0.1) is 11.3 Å². The van der Waals surface area contributed by atoms with Gasteiger partial charge in [-0.3, -0.25) is 0 Å². The van der Waals surface area contributed by atoms with E-state index in [2.05, 4.69) is 34.1 Å². The number of rotatable bonds is 2. The van der Waals surface area contributed by atoms with Crippen LogP contribution in [-0.2, 0) is 6.42 Å². The lowest BCUT2D eigenvalue weighted by Gasteiger charge is -1.96. The Bertz CT molecular complexity index is 329. The van der Waals surface area contributed by atoms with Crippen molar-refractivity contribution >= 4 is 27.3 Å². The Balaban J connectivity index is 2.02. The molecule has 1 unspecified atom stereocenters. The summed E-state index contributed by atoms with van der Waals surface area (Å²) in [5.74, 6) is 0. The molecule has 3 heteroatoms. The van der Waals surface area contributed by atoms with Crippen LogP contribution in [0.4, 0.5) is 0 Å². The Hall–Kier alpha value is -0.120. The standard InChI is InChI=1S/C10H12BrNS/c11-10-4-3-9(13-10)6-7-1-2-8(12)5-7/h3-5,8H,1-2,6,12H2. The fourth-order valence-corrected chi connectivity index (χ4v) is 3.18. The summed E-state index contributed by atoms with van der Waals surface area (Å²) in [6.07, 6.45) is 5.61. The maximum absolute atomic E-state index is 5.80. The molecule has 0 fully saturated rings. The minimum absolute atomic E-state index is 0.304. The van der Waals surface area contributed by atoms with Crippen molar-refractivity contribution in [2.75, 3.05) is 0 Å². The van der Waals surface area contributed by atoms with E-state index in [1.165, 1.54) is 20.7 Å². The van der Waals surface area contributed by atoms with E-state index in [9.17, 15) is 0 Å². The monoisotopic (exact) mass is 257 g/mol. The van der Waals surface area contributed by atoms with Gasteiger partial charge < -0.3 is 5.73 Å². The highest BCUT2D eigenvalue weighted by molar-refractivity contribution is 9.11. The van der Waals surface area contributed by atoms with E-state index in [0.29, 0.717) is 6.04 Å². The zero-order chi connectivity index (χ0) is 9.26. The van der Waals surface area contributed by atoms with Crippen molar-refractivity contribution in [2.45, 2.75) is 25.3 Å². The third-order valence-electron chi connectivity index (χ3n) is 2.28. The molecule has 1 nitrogen and oxygen atoms in total. The van der Waals surface area contributed by atoms with E-state index in [0.717, 1.165) is 12.8 Å². The first-order valence-electron chi connectivity index (χ1n) is 4.43. The molecule has 0 bridgehead atoms. The average Bonchev–Trinajstić information content (AvgIpc) is 2.62. The molecule has 70 valence electrons. The molecule has 0 aliphatic heterocycles. The number of halogens is 1. The summed E-state index contributed by atoms with van der Waals surface area (Å²) in [5, 5.41) is 0. The van der Waals surface area contributed by atoms with Gasteiger partial charge in [0.2, 0.25) is 0 Å². The number of allylic oxidation sites excluding steroid dienone is 1. The van der Waals surface area contributed by atoms with Crippen molar-refractivity contribution in [3.05, 3.63) is 32.4 Å². The molecule has 0 saturated heterocycles. The summed E-state index contributed by atoms with van der Waals surface area (Å²) in [5.41, 5.74) is 7.30. The van der Waals surface area contributed by atoms with E-state index in [4.69, 9.17) is 5.73 Å². The van der Waals surface area contributed by atoms with Gasteiger partial charge >= 0.3 is 0 Å². The smallest absolute Gasteiger partial charge is 0.0701 e. The van der Waals surface area contributed by atoms with Gasteiger partial charge in [0, 0.05) is 17.3 Å². The Labute approximate surface area is 90.8 Å². The van der Waals surface area contributed by atoms with Gasteiger partial charge in [-0.2, -0.15) is 0 Å². The Kier molecular flexibility index (Phi) is 2.86. The predicted molar refractivity (Wildman–Crippen MR) is 61.0 cm³/mol. The maximum atomic E-state index is 5.80. The highest BCUT2D eigenvalue weighted by Crippen LogP contribution is 2.27. The SMILES string of the molecule is NC1C=C(Cc2ccc(Br)s2)CC1. The van der Waals surface area contributed by atoms with Crippen LogP contribution in [0.15, 0.2) is 27.6 Å². The summed E-state index contributed by atoms with van der Waals surface area (Å²) in [4.78, 5) is 1.42. The van der Waals surface area contributed by atoms with Crippen LogP contribution in [-0.4, -0.2) is 6.04 Å². The van der Waals surface area contributed by atoms with E-state index >= 15 is 0 Å². The Morgan fingerprint density at radius 1 is 1.54 bits per heavy atom. The van der Waals surface area contributed by atoms with Crippen molar-refractivity contribution in [3.8, 4) is 0 Å². The van der Waals surface area contributed by atoms with Crippen LogP contribution in [0, 0.1) is 0 Å². The third kappa shape index (κ3) is 2.42. The molecule has 1 aliphatic rings. The Morgan fingerprint density at radius 2 is 2.38 bits per heavy atom.